The second kappa shape index (κ2) is 10.2. The molecule has 1 atom stereocenters. The number of rotatable bonds is 7. The van der Waals surface area contributed by atoms with Crippen molar-refractivity contribution in [3.63, 3.8) is 0 Å². The van der Waals surface area contributed by atoms with Gasteiger partial charge in [0.2, 0.25) is 5.91 Å². The number of amides is 1. The summed E-state index contributed by atoms with van der Waals surface area (Å²) < 4.78 is 5.48. The van der Waals surface area contributed by atoms with E-state index in [-0.39, 0.29) is 11.8 Å². The Hall–Kier alpha value is -2.24. The Bertz CT molecular complexity index is 812. The third kappa shape index (κ3) is 5.46. The van der Waals surface area contributed by atoms with Gasteiger partial charge in [0.1, 0.15) is 0 Å². The third-order valence-electron chi connectivity index (χ3n) is 6.53. The summed E-state index contributed by atoms with van der Waals surface area (Å²) in [5, 5.41) is 0. The zero-order valence-corrected chi connectivity index (χ0v) is 18.0. The molecule has 5 nitrogen and oxygen atoms in total. The van der Waals surface area contributed by atoms with Gasteiger partial charge in [0.25, 0.3) is 0 Å². The average Bonchev–Trinajstić information content (AvgIpc) is 3.31. The van der Waals surface area contributed by atoms with E-state index in [1.165, 1.54) is 11.1 Å². The standard InChI is InChI=1S/C25H33N3O2/c1-20-5-2-3-7-23(20)18-27-12-8-21(9-13-27)16-28(17-22-6-4-11-26-15-22)25(29)24-10-14-30-19-24/h2-7,11,15,21,24H,8-10,12-14,16-19H2,1H3/t24-/m0/s1. The maximum absolute atomic E-state index is 13.2. The van der Waals surface area contributed by atoms with E-state index in [4.69, 9.17) is 4.74 Å². The lowest BCUT2D eigenvalue weighted by atomic mass is 9.94. The van der Waals surface area contributed by atoms with Crippen molar-refractivity contribution in [2.45, 2.75) is 39.3 Å². The molecule has 3 heterocycles. The van der Waals surface area contributed by atoms with Crippen LogP contribution in [0.3, 0.4) is 0 Å². The Balaban J connectivity index is 1.34. The molecular weight excluding hydrogens is 374 g/mol. The van der Waals surface area contributed by atoms with Gasteiger partial charge in [-0.25, -0.2) is 0 Å². The predicted octanol–water partition coefficient (Wildman–Crippen LogP) is 3.67. The van der Waals surface area contributed by atoms with Crippen molar-refractivity contribution in [1.29, 1.82) is 0 Å². The Morgan fingerprint density at radius 2 is 2.00 bits per heavy atom. The van der Waals surface area contributed by atoms with Gasteiger partial charge in [0, 0.05) is 38.6 Å². The van der Waals surface area contributed by atoms with E-state index in [0.717, 1.165) is 51.0 Å². The first-order chi connectivity index (χ1) is 14.7. The van der Waals surface area contributed by atoms with E-state index in [2.05, 4.69) is 52.0 Å². The van der Waals surface area contributed by atoms with Gasteiger partial charge in [0.15, 0.2) is 0 Å². The molecule has 0 unspecified atom stereocenters. The lowest BCUT2D eigenvalue weighted by Gasteiger charge is -2.36. The summed E-state index contributed by atoms with van der Waals surface area (Å²) in [5.41, 5.74) is 3.89. The lowest BCUT2D eigenvalue weighted by molar-refractivity contribution is -0.137. The smallest absolute Gasteiger partial charge is 0.228 e. The van der Waals surface area contributed by atoms with Crippen molar-refractivity contribution in [2.24, 2.45) is 11.8 Å². The van der Waals surface area contributed by atoms with Gasteiger partial charge >= 0.3 is 0 Å². The molecular formula is C25H33N3O2. The molecule has 1 aromatic carbocycles. The number of ether oxygens (including phenoxy) is 1. The van der Waals surface area contributed by atoms with E-state index in [0.29, 0.717) is 25.7 Å². The zero-order valence-electron chi connectivity index (χ0n) is 18.0. The summed E-state index contributed by atoms with van der Waals surface area (Å²) in [4.78, 5) is 22.0. The molecule has 0 N–H and O–H groups in total. The fraction of sp³-hybridized carbons (Fsp3) is 0.520. The second-order valence-corrected chi connectivity index (χ2v) is 8.79. The number of hydrogen-bond acceptors (Lipinski definition) is 4. The molecule has 5 heteroatoms. The van der Waals surface area contributed by atoms with Crippen molar-refractivity contribution in [3.05, 3.63) is 65.5 Å². The molecule has 0 aliphatic carbocycles. The summed E-state index contributed by atoms with van der Waals surface area (Å²) in [6.07, 6.45) is 6.78. The molecule has 0 spiro atoms. The minimum Gasteiger partial charge on any atom is -0.381 e. The molecule has 0 bridgehead atoms. The van der Waals surface area contributed by atoms with Crippen LogP contribution in [0.1, 0.15) is 36.0 Å². The lowest BCUT2D eigenvalue weighted by Crippen LogP contribution is -2.42. The van der Waals surface area contributed by atoms with Gasteiger partial charge in [-0.1, -0.05) is 30.3 Å². The summed E-state index contributed by atoms with van der Waals surface area (Å²) in [6, 6.07) is 12.7. The molecule has 0 saturated carbocycles. The highest BCUT2D eigenvalue weighted by atomic mass is 16.5. The molecule has 2 saturated heterocycles. The molecule has 0 radical (unpaired) electrons. The zero-order chi connectivity index (χ0) is 20.8. The molecule has 160 valence electrons. The van der Waals surface area contributed by atoms with E-state index in [9.17, 15) is 4.79 Å². The van der Waals surface area contributed by atoms with Crippen LogP contribution < -0.4 is 0 Å². The van der Waals surface area contributed by atoms with Crippen LogP contribution in [0.25, 0.3) is 0 Å². The molecule has 30 heavy (non-hydrogen) atoms. The SMILES string of the molecule is Cc1ccccc1CN1CCC(CN(Cc2cccnc2)C(=O)[C@H]2CCOC2)CC1. The minimum absolute atomic E-state index is 0.0165. The third-order valence-corrected chi connectivity index (χ3v) is 6.53. The van der Waals surface area contributed by atoms with E-state index >= 15 is 0 Å². The van der Waals surface area contributed by atoms with Crippen LogP contribution in [0.4, 0.5) is 0 Å². The molecule has 2 aliphatic rings. The monoisotopic (exact) mass is 407 g/mol. The number of benzene rings is 1. The number of carbonyl (C=O) groups excluding carboxylic acids is 1. The number of carbonyl (C=O) groups is 1. The van der Waals surface area contributed by atoms with Crippen LogP contribution in [0.15, 0.2) is 48.8 Å². The van der Waals surface area contributed by atoms with E-state index in [1.807, 2.05) is 12.3 Å². The van der Waals surface area contributed by atoms with Crippen LogP contribution in [0.2, 0.25) is 0 Å². The van der Waals surface area contributed by atoms with Crippen molar-refractivity contribution in [1.82, 2.24) is 14.8 Å². The van der Waals surface area contributed by atoms with Crippen molar-refractivity contribution < 1.29 is 9.53 Å². The average molecular weight is 408 g/mol. The van der Waals surface area contributed by atoms with Crippen molar-refractivity contribution in [2.75, 3.05) is 32.8 Å². The number of aromatic nitrogens is 1. The maximum atomic E-state index is 13.2. The topological polar surface area (TPSA) is 45.7 Å². The molecule has 4 rings (SSSR count). The molecule has 1 amide bonds. The number of pyridine rings is 1. The molecule has 2 aromatic rings. The number of nitrogens with zero attached hydrogens (tertiary/aromatic N) is 3. The van der Waals surface area contributed by atoms with Crippen LogP contribution in [0, 0.1) is 18.8 Å². The van der Waals surface area contributed by atoms with Crippen LogP contribution >= 0.6 is 0 Å². The number of likely N-dealkylation sites (tertiary alicyclic amines) is 1. The minimum atomic E-state index is 0.0165. The fourth-order valence-corrected chi connectivity index (χ4v) is 4.60. The van der Waals surface area contributed by atoms with Gasteiger partial charge in [-0.15, -0.1) is 0 Å². The highest BCUT2D eigenvalue weighted by Crippen LogP contribution is 2.24. The first-order valence-electron chi connectivity index (χ1n) is 11.2. The first kappa shape index (κ1) is 21.0. The predicted molar refractivity (Wildman–Crippen MR) is 118 cm³/mol. The van der Waals surface area contributed by atoms with Crippen molar-refractivity contribution >= 4 is 5.91 Å². The van der Waals surface area contributed by atoms with Crippen LogP contribution in [-0.4, -0.2) is 53.5 Å². The summed E-state index contributed by atoms with van der Waals surface area (Å²) >= 11 is 0. The largest absolute Gasteiger partial charge is 0.381 e. The van der Waals surface area contributed by atoms with Gasteiger partial charge in [-0.2, -0.15) is 0 Å². The Kier molecular flexibility index (Phi) is 7.13. The van der Waals surface area contributed by atoms with Gasteiger partial charge in [0.05, 0.1) is 12.5 Å². The Morgan fingerprint density at radius 3 is 2.70 bits per heavy atom. The summed E-state index contributed by atoms with van der Waals surface area (Å²) in [5.74, 6) is 0.822. The molecule has 2 aliphatic heterocycles. The molecule has 2 fully saturated rings. The summed E-state index contributed by atoms with van der Waals surface area (Å²) in [6.45, 7) is 8.16. The fourth-order valence-electron chi connectivity index (χ4n) is 4.60. The van der Waals surface area contributed by atoms with Crippen molar-refractivity contribution in [3.8, 4) is 0 Å². The Morgan fingerprint density at radius 1 is 1.17 bits per heavy atom. The number of aryl methyl sites for hydroxylation is 1. The van der Waals surface area contributed by atoms with Gasteiger partial charge in [-0.05, 0) is 68.0 Å². The Labute approximate surface area is 180 Å². The number of piperidine rings is 1. The quantitative estimate of drug-likeness (QED) is 0.703. The summed E-state index contributed by atoms with van der Waals surface area (Å²) in [7, 11) is 0. The van der Waals surface area contributed by atoms with Crippen LogP contribution in [-0.2, 0) is 22.6 Å². The van der Waals surface area contributed by atoms with Gasteiger partial charge in [-0.3, -0.25) is 14.7 Å². The van der Waals surface area contributed by atoms with E-state index < -0.39 is 0 Å². The van der Waals surface area contributed by atoms with Gasteiger partial charge < -0.3 is 9.64 Å². The highest BCUT2D eigenvalue weighted by Gasteiger charge is 2.30. The van der Waals surface area contributed by atoms with E-state index in [1.54, 1.807) is 6.20 Å². The first-order valence-corrected chi connectivity index (χ1v) is 11.2. The highest BCUT2D eigenvalue weighted by molar-refractivity contribution is 5.79. The number of hydrogen-bond donors (Lipinski definition) is 0. The second-order valence-electron chi connectivity index (χ2n) is 8.79. The maximum Gasteiger partial charge on any atom is 0.228 e. The normalized spacial score (nSPS) is 20.4. The van der Waals surface area contributed by atoms with Crippen LogP contribution in [0.5, 0.6) is 0 Å². The molecule has 1 aromatic heterocycles.